The van der Waals surface area contributed by atoms with Crippen LogP contribution in [0.1, 0.15) is 127 Å². The predicted octanol–water partition coefficient (Wildman–Crippen LogP) is 11.4. The van der Waals surface area contributed by atoms with Crippen LogP contribution in [0.2, 0.25) is 0 Å². The lowest BCUT2D eigenvalue weighted by Gasteiger charge is -2.24. The zero-order chi connectivity index (χ0) is 49.1. The van der Waals surface area contributed by atoms with Crippen LogP contribution >= 0.6 is 0 Å². The van der Waals surface area contributed by atoms with E-state index in [1.54, 1.807) is 42.5 Å². The van der Waals surface area contributed by atoms with E-state index in [4.69, 9.17) is 28.4 Å². The van der Waals surface area contributed by atoms with E-state index in [1.165, 1.54) is 39.2 Å². The van der Waals surface area contributed by atoms with Crippen molar-refractivity contribution in [1.82, 2.24) is 9.97 Å². The van der Waals surface area contributed by atoms with Gasteiger partial charge >= 0.3 is 23.3 Å². The first-order chi connectivity index (χ1) is 34.1. The van der Waals surface area contributed by atoms with Crippen molar-refractivity contribution in [3.8, 4) is 34.0 Å². The molecule has 2 saturated carbocycles. The Labute approximate surface area is 405 Å². The fraction of sp³-hybridized carbons (Fsp3) is 0.434. The highest BCUT2D eigenvalue weighted by Crippen LogP contribution is 2.48. The standard InChI is InChI=1S/C29H34N2O7.C24H26N2O6/c1-35-29(32)20-13-14-21-23(18-20)30-27(26(21)19-8-3-2-4-9-19)22-10-7-11-24(31(33)34)28(22)38-17-16-37-25-12-5-6-15-36-25;1-31-24(28)16-10-11-17-19(14-16)25-22(21(17)15-6-3-2-4-7-15)18-8-5-9-20(26(29)30)23(18)32-13-12-27/h7,10-11,13-14,18-19,25,30H,2-6,8-9,12,15-17H2,1H3;5,8-11,14-15,25,27H,2-4,6-7,12-13H2,1H3. The van der Waals surface area contributed by atoms with Gasteiger partial charge in [0.05, 0.1) is 59.8 Å². The van der Waals surface area contributed by atoms with Crippen molar-refractivity contribution >= 4 is 45.1 Å². The number of nitro benzene ring substituents is 2. The van der Waals surface area contributed by atoms with Gasteiger partial charge in [-0.15, -0.1) is 0 Å². The number of aromatic nitrogens is 2. The number of para-hydroxylation sites is 2. The maximum atomic E-state index is 12.2. The Morgan fingerprint density at radius 3 is 1.53 bits per heavy atom. The molecule has 0 amide bonds. The van der Waals surface area contributed by atoms with Gasteiger partial charge in [-0.3, -0.25) is 20.2 Å². The number of fused-ring (bicyclic) bond motifs is 2. The average molecular weight is 961 g/mol. The lowest BCUT2D eigenvalue weighted by Crippen LogP contribution is -2.24. The molecule has 3 heterocycles. The molecule has 3 fully saturated rings. The Hall–Kier alpha value is -6.82. The van der Waals surface area contributed by atoms with Gasteiger partial charge in [-0.1, -0.05) is 62.8 Å². The highest BCUT2D eigenvalue weighted by atomic mass is 16.7. The van der Waals surface area contributed by atoms with Crippen molar-refractivity contribution in [1.29, 1.82) is 0 Å². The van der Waals surface area contributed by atoms with Crippen molar-refractivity contribution in [2.45, 2.75) is 102 Å². The van der Waals surface area contributed by atoms with Crippen LogP contribution in [0.25, 0.3) is 44.3 Å². The fourth-order valence-electron chi connectivity index (χ4n) is 10.3. The molecule has 1 unspecified atom stereocenters. The summed E-state index contributed by atoms with van der Waals surface area (Å²) in [5, 5.41) is 34.9. The monoisotopic (exact) mass is 960 g/mol. The number of ether oxygens (including phenoxy) is 6. The van der Waals surface area contributed by atoms with Gasteiger partial charge in [-0.05, 0) is 104 Å². The molecule has 6 aromatic rings. The lowest BCUT2D eigenvalue weighted by atomic mass is 9.81. The Bertz CT molecular complexity index is 2820. The summed E-state index contributed by atoms with van der Waals surface area (Å²) in [6.45, 7) is 0.797. The second-order valence-electron chi connectivity index (χ2n) is 17.9. The first kappa shape index (κ1) is 49.6. The molecule has 3 N–H and O–H groups in total. The van der Waals surface area contributed by atoms with Gasteiger partial charge in [-0.25, -0.2) is 9.59 Å². The van der Waals surface area contributed by atoms with E-state index in [0.717, 1.165) is 115 Å². The first-order valence-corrected chi connectivity index (χ1v) is 24.2. The molecule has 17 nitrogen and oxygen atoms in total. The third-order valence-corrected chi connectivity index (χ3v) is 13.6. The van der Waals surface area contributed by atoms with E-state index >= 15 is 0 Å². The molecule has 9 rings (SSSR count). The minimum absolute atomic E-state index is 0.0522. The number of benzene rings is 4. The van der Waals surface area contributed by atoms with Crippen molar-refractivity contribution in [2.24, 2.45) is 0 Å². The number of hydrogen-bond donors (Lipinski definition) is 3. The van der Waals surface area contributed by atoms with Crippen LogP contribution in [0.15, 0.2) is 72.8 Å². The summed E-state index contributed by atoms with van der Waals surface area (Å²) in [4.78, 5) is 54.0. The molecular formula is C53H60N4O13. The van der Waals surface area contributed by atoms with Gasteiger partial charge < -0.3 is 43.5 Å². The lowest BCUT2D eigenvalue weighted by molar-refractivity contribution is -0.386. The van der Waals surface area contributed by atoms with Crippen molar-refractivity contribution in [3.05, 3.63) is 115 Å². The topological polar surface area (TPSA) is 228 Å². The van der Waals surface area contributed by atoms with E-state index < -0.39 is 21.8 Å². The van der Waals surface area contributed by atoms with Gasteiger partial charge in [0.1, 0.15) is 13.2 Å². The number of aromatic amines is 2. The van der Waals surface area contributed by atoms with Gasteiger partial charge in [-0.2, -0.15) is 0 Å². The number of esters is 2. The largest absolute Gasteiger partial charge is 0.484 e. The Morgan fingerprint density at radius 1 is 0.629 bits per heavy atom. The molecule has 4 aromatic carbocycles. The zero-order valence-corrected chi connectivity index (χ0v) is 39.6. The molecule has 0 bridgehead atoms. The molecule has 0 spiro atoms. The number of nitrogens with zero attached hydrogens (tertiary/aromatic N) is 2. The summed E-state index contributed by atoms with van der Waals surface area (Å²) >= 11 is 0. The summed E-state index contributed by atoms with van der Waals surface area (Å²) in [5.74, 6) is 0.0933. The van der Waals surface area contributed by atoms with E-state index in [-0.39, 0.29) is 55.6 Å². The molecule has 1 atom stereocenters. The number of H-pyrrole nitrogens is 2. The molecule has 370 valence electrons. The molecule has 70 heavy (non-hydrogen) atoms. The quantitative estimate of drug-likeness (QED) is 0.0355. The van der Waals surface area contributed by atoms with Gasteiger partial charge in [0.2, 0.25) is 11.5 Å². The highest BCUT2D eigenvalue weighted by molar-refractivity contribution is 6.00. The Balaban J connectivity index is 0.000000191. The van der Waals surface area contributed by atoms with Crippen LogP contribution in [-0.4, -0.2) is 90.4 Å². The van der Waals surface area contributed by atoms with Crippen LogP contribution in [0.3, 0.4) is 0 Å². The number of carbonyl (C=O) groups is 2. The minimum Gasteiger partial charge on any atom is -0.484 e. The number of methoxy groups -OCH3 is 2. The summed E-state index contributed by atoms with van der Waals surface area (Å²) < 4.78 is 32.9. The Kier molecular flexibility index (Phi) is 16.4. The van der Waals surface area contributed by atoms with E-state index in [1.807, 2.05) is 18.2 Å². The fourth-order valence-corrected chi connectivity index (χ4v) is 10.3. The normalized spacial score (nSPS) is 16.6. The molecule has 2 aliphatic carbocycles. The Morgan fingerprint density at radius 2 is 1.10 bits per heavy atom. The van der Waals surface area contributed by atoms with Gasteiger partial charge in [0, 0.05) is 51.7 Å². The minimum atomic E-state index is -0.478. The average Bonchev–Trinajstić information content (AvgIpc) is 3.98. The number of nitro groups is 2. The maximum Gasteiger partial charge on any atom is 0.337 e. The van der Waals surface area contributed by atoms with Crippen LogP contribution in [-0.2, 0) is 18.9 Å². The van der Waals surface area contributed by atoms with Crippen molar-refractivity contribution < 1.29 is 53.0 Å². The van der Waals surface area contributed by atoms with Crippen molar-refractivity contribution in [2.75, 3.05) is 47.3 Å². The molecule has 17 heteroatoms. The smallest absolute Gasteiger partial charge is 0.337 e. The molecular weight excluding hydrogens is 901 g/mol. The number of aliphatic hydroxyl groups excluding tert-OH is 1. The third-order valence-electron chi connectivity index (χ3n) is 13.6. The zero-order valence-electron chi connectivity index (χ0n) is 39.6. The summed E-state index contributed by atoms with van der Waals surface area (Å²) in [6, 6.07) is 20.7. The molecule has 1 aliphatic heterocycles. The second-order valence-corrected chi connectivity index (χ2v) is 17.9. The van der Waals surface area contributed by atoms with Gasteiger partial charge in [0.25, 0.3) is 0 Å². The molecule has 1 saturated heterocycles. The number of aliphatic hydroxyl groups is 1. The maximum absolute atomic E-state index is 12.2. The van der Waals surface area contributed by atoms with E-state index in [0.29, 0.717) is 40.7 Å². The summed E-state index contributed by atoms with van der Waals surface area (Å²) in [7, 11) is 2.70. The van der Waals surface area contributed by atoms with Crippen molar-refractivity contribution in [3.63, 3.8) is 0 Å². The summed E-state index contributed by atoms with van der Waals surface area (Å²) in [5.41, 5.74) is 7.14. The van der Waals surface area contributed by atoms with Crippen LogP contribution < -0.4 is 9.47 Å². The second kappa shape index (κ2) is 23.2. The van der Waals surface area contributed by atoms with Crippen LogP contribution in [0.5, 0.6) is 11.5 Å². The first-order valence-electron chi connectivity index (χ1n) is 24.2. The summed E-state index contributed by atoms with van der Waals surface area (Å²) in [6.07, 6.45) is 13.7. The highest BCUT2D eigenvalue weighted by Gasteiger charge is 2.31. The molecule has 0 radical (unpaired) electrons. The van der Waals surface area contributed by atoms with E-state index in [9.17, 15) is 34.9 Å². The number of hydrogen-bond acceptors (Lipinski definition) is 13. The van der Waals surface area contributed by atoms with Crippen LogP contribution in [0.4, 0.5) is 11.4 Å². The third kappa shape index (κ3) is 11.0. The SMILES string of the molecule is COC(=O)c1ccc2c(C3CCCCC3)c(-c3cccc([N+](=O)[O-])c3OCCO)[nH]c2c1.COC(=O)c1ccc2c(C3CCCCC3)c(-c3cccc([N+](=O)[O-])c3OCCOC3CCCCO3)[nH]c2c1. The molecule has 3 aliphatic rings. The number of carbonyl (C=O) groups excluding carboxylic acids is 2. The molecule has 2 aromatic heterocycles. The van der Waals surface area contributed by atoms with E-state index in [2.05, 4.69) is 9.97 Å². The number of nitrogens with one attached hydrogen (secondary N) is 2. The van der Waals surface area contributed by atoms with Gasteiger partial charge in [0.15, 0.2) is 6.29 Å². The predicted molar refractivity (Wildman–Crippen MR) is 263 cm³/mol. The number of rotatable bonds is 16. The van der Waals surface area contributed by atoms with Crippen LogP contribution in [0, 0.1) is 20.2 Å².